The molecule has 0 aliphatic rings. The fourth-order valence-corrected chi connectivity index (χ4v) is 2.56. The molecule has 7 nitrogen and oxygen atoms in total. The summed E-state index contributed by atoms with van der Waals surface area (Å²) in [6.07, 6.45) is 0. The summed E-state index contributed by atoms with van der Waals surface area (Å²) in [6, 6.07) is 8.76. The molecule has 0 radical (unpaired) electrons. The van der Waals surface area contributed by atoms with Gasteiger partial charge in [-0.3, -0.25) is 14.9 Å². The lowest BCUT2D eigenvalue weighted by Crippen LogP contribution is -2.29. The van der Waals surface area contributed by atoms with Crippen molar-refractivity contribution in [2.24, 2.45) is 5.73 Å². The number of carbonyl (C=O) groups excluding carboxylic acids is 2. The van der Waals surface area contributed by atoms with Crippen LogP contribution in [0.15, 0.2) is 44.9 Å². The second-order valence-electron chi connectivity index (χ2n) is 4.34. The zero-order valence-corrected chi connectivity index (χ0v) is 11.8. The van der Waals surface area contributed by atoms with E-state index in [2.05, 4.69) is 10.3 Å². The van der Waals surface area contributed by atoms with Crippen LogP contribution in [0, 0.1) is 0 Å². The predicted octanol–water partition coefficient (Wildman–Crippen LogP) is 1.34. The van der Waals surface area contributed by atoms with Gasteiger partial charge in [0.2, 0.25) is 0 Å². The first-order valence-corrected chi connectivity index (χ1v) is 7.02. The summed E-state index contributed by atoms with van der Waals surface area (Å²) in [4.78, 5) is 38.0. The lowest BCUT2D eigenvalue weighted by molar-refractivity contribution is -0.134. The lowest BCUT2D eigenvalue weighted by atomic mass is 10.1. The smallest absolute Gasteiger partial charge is 0.345 e. The summed E-state index contributed by atoms with van der Waals surface area (Å²) in [5, 5.41) is 4.76. The molecular weight excluding hydrogens is 306 g/mol. The molecule has 0 atom stereocenters. The Bertz CT molecular complexity index is 944. The van der Waals surface area contributed by atoms with Gasteiger partial charge in [-0.2, -0.15) is 0 Å². The van der Waals surface area contributed by atoms with Gasteiger partial charge in [0.05, 0.1) is 11.3 Å². The molecule has 2 heterocycles. The molecule has 3 N–H and O–H groups in total. The number of rotatable bonds is 2. The van der Waals surface area contributed by atoms with E-state index in [4.69, 9.17) is 10.2 Å². The van der Waals surface area contributed by atoms with Crippen molar-refractivity contribution in [2.45, 2.75) is 0 Å². The highest BCUT2D eigenvalue weighted by atomic mass is 32.1. The molecule has 22 heavy (non-hydrogen) atoms. The highest BCUT2D eigenvalue weighted by molar-refractivity contribution is 7.14. The molecule has 110 valence electrons. The Hall–Kier alpha value is -3.00. The molecule has 0 saturated heterocycles. The molecule has 0 aliphatic heterocycles. The number of hydrogen-bond donors (Lipinski definition) is 2. The number of amides is 2. The van der Waals surface area contributed by atoms with Crippen LogP contribution < -0.4 is 16.7 Å². The van der Waals surface area contributed by atoms with Crippen LogP contribution in [0.2, 0.25) is 0 Å². The van der Waals surface area contributed by atoms with E-state index in [-0.39, 0.29) is 10.7 Å². The van der Waals surface area contributed by atoms with Gasteiger partial charge >= 0.3 is 17.4 Å². The van der Waals surface area contributed by atoms with Gasteiger partial charge in [0.25, 0.3) is 0 Å². The molecule has 0 aliphatic carbocycles. The number of nitrogens with zero attached hydrogens (tertiary/aromatic N) is 1. The van der Waals surface area contributed by atoms with Crippen LogP contribution in [0.3, 0.4) is 0 Å². The molecule has 2 amide bonds. The Morgan fingerprint density at radius 1 is 1.27 bits per heavy atom. The van der Waals surface area contributed by atoms with E-state index in [9.17, 15) is 14.4 Å². The van der Waals surface area contributed by atoms with Crippen LogP contribution in [0.4, 0.5) is 5.13 Å². The van der Waals surface area contributed by atoms with Crippen molar-refractivity contribution in [3.63, 3.8) is 0 Å². The van der Waals surface area contributed by atoms with E-state index >= 15 is 0 Å². The third kappa shape index (κ3) is 2.59. The Morgan fingerprint density at radius 3 is 2.82 bits per heavy atom. The minimum atomic E-state index is -1.11. The van der Waals surface area contributed by atoms with Crippen molar-refractivity contribution in [3.8, 4) is 11.3 Å². The highest BCUT2D eigenvalue weighted by Gasteiger charge is 2.14. The molecule has 0 spiro atoms. The minimum absolute atomic E-state index is 0.173. The average molecular weight is 315 g/mol. The maximum atomic E-state index is 12.0. The van der Waals surface area contributed by atoms with Crippen LogP contribution in [-0.2, 0) is 9.59 Å². The van der Waals surface area contributed by atoms with Gasteiger partial charge in [-0.25, -0.2) is 9.78 Å². The van der Waals surface area contributed by atoms with Crippen LogP contribution in [0.5, 0.6) is 0 Å². The fourth-order valence-electron chi connectivity index (χ4n) is 1.85. The lowest BCUT2D eigenvalue weighted by Gasteiger charge is -1.99. The number of benzene rings is 1. The molecule has 8 heteroatoms. The van der Waals surface area contributed by atoms with E-state index in [0.717, 1.165) is 16.7 Å². The minimum Gasteiger partial charge on any atom is -0.422 e. The molecule has 0 unspecified atom stereocenters. The summed E-state index contributed by atoms with van der Waals surface area (Å²) >= 11 is 1.07. The monoisotopic (exact) mass is 315 g/mol. The number of carbonyl (C=O) groups is 2. The average Bonchev–Trinajstić information content (AvgIpc) is 2.94. The second kappa shape index (κ2) is 5.41. The molecule has 3 rings (SSSR count). The fraction of sp³-hybridized carbons (Fsp3) is 0. The van der Waals surface area contributed by atoms with Crippen molar-refractivity contribution in [1.82, 2.24) is 4.98 Å². The number of primary amides is 1. The molecule has 0 bridgehead atoms. The zero-order valence-electron chi connectivity index (χ0n) is 11.0. The first-order valence-electron chi connectivity index (χ1n) is 6.14. The van der Waals surface area contributed by atoms with Crippen LogP contribution in [0.1, 0.15) is 0 Å². The van der Waals surface area contributed by atoms with E-state index in [1.165, 1.54) is 0 Å². The van der Waals surface area contributed by atoms with Gasteiger partial charge in [-0.15, -0.1) is 11.3 Å². The number of thiazole rings is 1. The van der Waals surface area contributed by atoms with Gasteiger partial charge in [0.1, 0.15) is 5.58 Å². The van der Waals surface area contributed by atoms with Crippen molar-refractivity contribution in [1.29, 1.82) is 0 Å². The maximum absolute atomic E-state index is 12.0. The molecule has 3 aromatic rings. The molecular formula is C14H9N3O4S. The Labute approximate surface area is 127 Å². The molecule has 2 aromatic heterocycles. The second-order valence-corrected chi connectivity index (χ2v) is 5.20. The Kier molecular flexibility index (Phi) is 3.43. The van der Waals surface area contributed by atoms with Gasteiger partial charge in [-0.1, -0.05) is 18.2 Å². The molecule has 0 saturated carbocycles. The van der Waals surface area contributed by atoms with Crippen molar-refractivity contribution < 1.29 is 14.0 Å². The number of fused-ring (bicyclic) bond motifs is 1. The quantitative estimate of drug-likeness (QED) is 0.547. The predicted molar refractivity (Wildman–Crippen MR) is 81.4 cm³/mol. The van der Waals surface area contributed by atoms with Gasteiger partial charge in [-0.05, 0) is 12.1 Å². The van der Waals surface area contributed by atoms with Crippen molar-refractivity contribution in [3.05, 3.63) is 46.1 Å². The van der Waals surface area contributed by atoms with E-state index in [1.54, 1.807) is 23.6 Å². The first-order chi connectivity index (χ1) is 10.5. The summed E-state index contributed by atoms with van der Waals surface area (Å²) < 4.78 is 5.22. The van der Waals surface area contributed by atoms with Crippen LogP contribution >= 0.6 is 11.3 Å². The standard InChI is InChI=1S/C14H9N3O4S/c15-11(18)12(19)17-14-16-9(6-22-14)8-5-7-3-1-2-4-10(7)21-13(8)20/h1-6H,(H2,15,18)(H,16,17,19). The third-order valence-corrected chi connectivity index (χ3v) is 3.62. The SMILES string of the molecule is NC(=O)C(=O)Nc1nc(-c2cc3ccccc3oc2=O)cs1. The highest BCUT2D eigenvalue weighted by Crippen LogP contribution is 2.25. The summed E-state index contributed by atoms with van der Waals surface area (Å²) in [6.45, 7) is 0. The number of aromatic nitrogens is 1. The number of nitrogens with one attached hydrogen (secondary N) is 1. The largest absolute Gasteiger partial charge is 0.422 e. The van der Waals surface area contributed by atoms with Crippen LogP contribution in [-0.4, -0.2) is 16.8 Å². The van der Waals surface area contributed by atoms with Gasteiger partial charge < -0.3 is 10.2 Å². The Morgan fingerprint density at radius 2 is 2.05 bits per heavy atom. The number of hydrogen-bond acceptors (Lipinski definition) is 6. The summed E-state index contributed by atoms with van der Waals surface area (Å²) in [5.74, 6) is -2.08. The molecule has 0 fully saturated rings. The Balaban J connectivity index is 2.00. The van der Waals surface area contributed by atoms with Crippen molar-refractivity contribution >= 4 is 39.3 Å². The van der Waals surface area contributed by atoms with Gasteiger partial charge in [0.15, 0.2) is 5.13 Å². The van der Waals surface area contributed by atoms with E-state index in [1.807, 2.05) is 12.1 Å². The first kappa shape index (κ1) is 14.0. The number of nitrogens with two attached hydrogens (primary N) is 1. The van der Waals surface area contributed by atoms with E-state index in [0.29, 0.717) is 11.3 Å². The number of anilines is 1. The summed E-state index contributed by atoms with van der Waals surface area (Å²) in [5.41, 5.74) is 5.42. The van der Waals surface area contributed by atoms with Crippen LogP contribution in [0.25, 0.3) is 22.2 Å². The normalized spacial score (nSPS) is 10.5. The third-order valence-electron chi connectivity index (χ3n) is 2.87. The molecule has 1 aromatic carbocycles. The van der Waals surface area contributed by atoms with Gasteiger partial charge in [0, 0.05) is 10.8 Å². The zero-order chi connectivity index (χ0) is 15.7. The topological polar surface area (TPSA) is 115 Å². The summed E-state index contributed by atoms with van der Waals surface area (Å²) in [7, 11) is 0. The van der Waals surface area contributed by atoms with Crippen molar-refractivity contribution in [2.75, 3.05) is 5.32 Å². The maximum Gasteiger partial charge on any atom is 0.345 e. The van der Waals surface area contributed by atoms with E-state index < -0.39 is 17.4 Å². The number of para-hydroxylation sites is 1.